The highest BCUT2D eigenvalue weighted by Crippen LogP contribution is 2.09. The third-order valence-electron chi connectivity index (χ3n) is 3.25. The zero-order valence-corrected chi connectivity index (χ0v) is 11.7. The average Bonchev–Trinajstić information content (AvgIpc) is 2.82. The summed E-state index contributed by atoms with van der Waals surface area (Å²) in [6.45, 7) is 8.79. The molecule has 19 heavy (non-hydrogen) atoms. The van der Waals surface area contributed by atoms with Crippen molar-refractivity contribution < 1.29 is 9.32 Å². The minimum atomic E-state index is 0.0544. The van der Waals surface area contributed by atoms with E-state index in [2.05, 4.69) is 22.3 Å². The Morgan fingerprint density at radius 2 is 2.16 bits per heavy atom. The molecule has 1 aromatic rings. The highest BCUT2D eigenvalue weighted by molar-refractivity contribution is 5.74. The van der Waals surface area contributed by atoms with E-state index in [-0.39, 0.29) is 6.03 Å². The van der Waals surface area contributed by atoms with Gasteiger partial charge in [-0.3, -0.25) is 4.90 Å². The fraction of sp³-hybridized carbons (Fsp3) is 0.692. The van der Waals surface area contributed by atoms with Crippen molar-refractivity contribution in [1.29, 1.82) is 0 Å². The van der Waals surface area contributed by atoms with Crippen molar-refractivity contribution in [1.82, 2.24) is 20.3 Å². The second-order valence-electron chi connectivity index (χ2n) is 4.92. The number of hydrogen-bond donors (Lipinski definition) is 1. The largest absolute Gasteiger partial charge is 0.361 e. The first-order valence-electron chi connectivity index (χ1n) is 6.86. The Balaban J connectivity index is 1.74. The van der Waals surface area contributed by atoms with Crippen molar-refractivity contribution in [3.63, 3.8) is 0 Å². The molecule has 0 spiro atoms. The second kappa shape index (κ2) is 6.56. The van der Waals surface area contributed by atoms with Crippen LogP contribution in [0.1, 0.15) is 24.8 Å². The van der Waals surface area contributed by atoms with Crippen LogP contribution in [0, 0.1) is 6.92 Å². The van der Waals surface area contributed by atoms with E-state index < -0.39 is 0 Å². The summed E-state index contributed by atoms with van der Waals surface area (Å²) in [4.78, 5) is 16.0. The van der Waals surface area contributed by atoms with Crippen LogP contribution < -0.4 is 5.32 Å². The van der Waals surface area contributed by atoms with E-state index in [9.17, 15) is 4.79 Å². The predicted molar refractivity (Wildman–Crippen MR) is 71.8 cm³/mol. The molecule has 0 unspecified atom stereocenters. The molecule has 6 nitrogen and oxygen atoms in total. The number of rotatable bonds is 4. The van der Waals surface area contributed by atoms with Crippen LogP contribution in [0.4, 0.5) is 4.79 Å². The van der Waals surface area contributed by atoms with Gasteiger partial charge in [-0.05, 0) is 13.3 Å². The van der Waals surface area contributed by atoms with Crippen molar-refractivity contribution >= 4 is 6.03 Å². The molecule has 1 aliphatic heterocycles. The van der Waals surface area contributed by atoms with Crippen LogP contribution in [0.25, 0.3) is 0 Å². The van der Waals surface area contributed by atoms with Gasteiger partial charge >= 0.3 is 6.03 Å². The van der Waals surface area contributed by atoms with Gasteiger partial charge in [-0.1, -0.05) is 12.1 Å². The number of nitrogens with one attached hydrogen (secondary N) is 1. The van der Waals surface area contributed by atoms with Gasteiger partial charge in [0.25, 0.3) is 0 Å². The lowest BCUT2D eigenvalue weighted by molar-refractivity contribution is 0.133. The molecule has 1 N–H and O–H groups in total. The lowest BCUT2D eigenvalue weighted by atomic mass is 10.3. The number of urea groups is 1. The van der Waals surface area contributed by atoms with Crippen molar-refractivity contribution in [2.45, 2.75) is 26.8 Å². The average molecular weight is 266 g/mol. The number of piperazine rings is 1. The summed E-state index contributed by atoms with van der Waals surface area (Å²) < 4.78 is 5.06. The van der Waals surface area contributed by atoms with Gasteiger partial charge in [0, 0.05) is 45.3 Å². The molecule has 6 heteroatoms. The van der Waals surface area contributed by atoms with Crippen LogP contribution in [0.2, 0.25) is 0 Å². The first kappa shape index (κ1) is 13.9. The number of hydrogen-bond acceptors (Lipinski definition) is 4. The Hall–Kier alpha value is -1.56. The molecular weight excluding hydrogens is 244 g/mol. The first-order chi connectivity index (χ1) is 9.19. The third-order valence-corrected chi connectivity index (χ3v) is 3.25. The van der Waals surface area contributed by atoms with E-state index in [1.54, 1.807) is 0 Å². The van der Waals surface area contributed by atoms with Crippen LogP contribution >= 0.6 is 0 Å². The van der Waals surface area contributed by atoms with Crippen molar-refractivity contribution in [2.24, 2.45) is 0 Å². The summed E-state index contributed by atoms with van der Waals surface area (Å²) in [6, 6.07) is 2.01. The number of aromatic nitrogens is 1. The number of carbonyl (C=O) groups is 1. The van der Waals surface area contributed by atoms with Crippen LogP contribution in [-0.2, 0) is 6.54 Å². The minimum absolute atomic E-state index is 0.0544. The van der Waals surface area contributed by atoms with Crippen molar-refractivity contribution in [2.75, 3.05) is 32.7 Å². The Morgan fingerprint density at radius 1 is 1.42 bits per heavy atom. The maximum absolute atomic E-state index is 11.8. The number of carbonyl (C=O) groups excluding carboxylic acids is 1. The second-order valence-corrected chi connectivity index (χ2v) is 4.92. The van der Waals surface area contributed by atoms with Crippen LogP contribution in [0.5, 0.6) is 0 Å². The van der Waals surface area contributed by atoms with E-state index in [0.29, 0.717) is 0 Å². The molecule has 2 rings (SSSR count). The topological polar surface area (TPSA) is 61.6 Å². The Kier molecular flexibility index (Phi) is 4.79. The van der Waals surface area contributed by atoms with Crippen molar-refractivity contribution in [3.8, 4) is 0 Å². The van der Waals surface area contributed by atoms with Crippen molar-refractivity contribution in [3.05, 3.63) is 17.5 Å². The Morgan fingerprint density at radius 3 is 2.74 bits per heavy atom. The maximum atomic E-state index is 11.8. The molecule has 0 aromatic carbocycles. The summed E-state index contributed by atoms with van der Waals surface area (Å²) >= 11 is 0. The molecule has 1 fully saturated rings. The molecular formula is C13H22N4O2. The smallest absolute Gasteiger partial charge is 0.317 e. The SMILES string of the molecule is CCCNC(=O)N1CCN(Cc2cc(C)on2)CC1. The number of aryl methyl sites for hydroxylation is 1. The number of amides is 2. The third kappa shape index (κ3) is 3.96. The highest BCUT2D eigenvalue weighted by Gasteiger charge is 2.21. The van der Waals surface area contributed by atoms with Gasteiger partial charge in [0.2, 0.25) is 0 Å². The summed E-state index contributed by atoms with van der Waals surface area (Å²) in [6.07, 6.45) is 0.969. The summed E-state index contributed by atoms with van der Waals surface area (Å²) in [7, 11) is 0. The zero-order valence-electron chi connectivity index (χ0n) is 11.7. The van der Waals surface area contributed by atoms with Gasteiger partial charge in [0.05, 0.1) is 5.69 Å². The molecule has 1 aliphatic rings. The molecule has 0 radical (unpaired) electrons. The van der Waals surface area contributed by atoms with Gasteiger partial charge in [-0.25, -0.2) is 4.79 Å². The van der Waals surface area contributed by atoms with E-state index in [4.69, 9.17) is 4.52 Å². The molecule has 2 heterocycles. The predicted octanol–water partition coefficient (Wildman–Crippen LogP) is 1.22. The van der Waals surface area contributed by atoms with Gasteiger partial charge in [0.15, 0.2) is 0 Å². The zero-order chi connectivity index (χ0) is 13.7. The quantitative estimate of drug-likeness (QED) is 0.890. The fourth-order valence-corrected chi connectivity index (χ4v) is 2.17. The molecule has 2 amide bonds. The molecule has 0 atom stereocenters. The lowest BCUT2D eigenvalue weighted by Gasteiger charge is -2.34. The molecule has 106 valence electrons. The van der Waals surface area contributed by atoms with E-state index in [1.807, 2.05) is 17.9 Å². The number of nitrogens with zero attached hydrogens (tertiary/aromatic N) is 3. The Labute approximate surface area is 113 Å². The van der Waals surface area contributed by atoms with Gasteiger partial charge < -0.3 is 14.7 Å². The fourth-order valence-electron chi connectivity index (χ4n) is 2.17. The van der Waals surface area contributed by atoms with E-state index >= 15 is 0 Å². The first-order valence-corrected chi connectivity index (χ1v) is 6.86. The molecule has 0 aliphatic carbocycles. The highest BCUT2D eigenvalue weighted by atomic mass is 16.5. The van der Waals surface area contributed by atoms with Gasteiger partial charge in [0.1, 0.15) is 5.76 Å². The normalized spacial score (nSPS) is 16.6. The lowest BCUT2D eigenvalue weighted by Crippen LogP contribution is -2.51. The summed E-state index contributed by atoms with van der Waals surface area (Å²) in [5, 5.41) is 6.91. The molecule has 1 saturated heterocycles. The Bertz CT molecular complexity index is 411. The maximum Gasteiger partial charge on any atom is 0.317 e. The minimum Gasteiger partial charge on any atom is -0.361 e. The summed E-state index contributed by atoms with van der Waals surface area (Å²) in [5.41, 5.74) is 0.960. The van der Waals surface area contributed by atoms with Gasteiger partial charge in [-0.15, -0.1) is 0 Å². The van der Waals surface area contributed by atoms with Crippen LogP contribution in [0.15, 0.2) is 10.6 Å². The molecule has 0 saturated carbocycles. The standard InChI is InChI=1S/C13H22N4O2/c1-3-4-14-13(18)17-7-5-16(6-8-17)10-12-9-11(2)19-15-12/h9H,3-8,10H2,1-2H3,(H,14,18). The molecule has 0 bridgehead atoms. The van der Waals surface area contributed by atoms with Crippen LogP contribution in [0.3, 0.4) is 0 Å². The van der Waals surface area contributed by atoms with Crippen LogP contribution in [-0.4, -0.2) is 53.7 Å². The van der Waals surface area contributed by atoms with Gasteiger partial charge in [-0.2, -0.15) is 0 Å². The summed E-state index contributed by atoms with van der Waals surface area (Å²) in [5.74, 6) is 0.840. The van der Waals surface area contributed by atoms with E-state index in [1.165, 1.54) is 0 Å². The molecule has 1 aromatic heterocycles. The monoisotopic (exact) mass is 266 g/mol. The van der Waals surface area contributed by atoms with E-state index in [0.717, 1.165) is 57.1 Å².